The molecule has 0 saturated heterocycles. The Kier molecular flexibility index (Phi) is 13.0. The third-order valence-corrected chi connectivity index (χ3v) is 7.77. The molecule has 30 heavy (non-hydrogen) atoms. The van der Waals surface area contributed by atoms with E-state index < -0.39 is 6.10 Å². The highest BCUT2D eigenvalue weighted by Crippen LogP contribution is 2.37. The molecule has 1 atom stereocenters. The minimum absolute atomic E-state index is 0.247. The van der Waals surface area contributed by atoms with Crippen molar-refractivity contribution in [1.82, 2.24) is 0 Å². The van der Waals surface area contributed by atoms with Crippen LogP contribution in [0.4, 0.5) is 0 Å². The number of aliphatic hydroxyl groups is 1. The quantitative estimate of drug-likeness (QED) is 0.161. The number of Topliss-reactive ketones (excluding diaryl/α,β-unsaturated/α-hetero) is 1. The maximum Gasteiger partial charge on any atom is 0.195 e. The minimum atomic E-state index is -1.12. The van der Waals surface area contributed by atoms with Gasteiger partial charge in [-0.3, -0.25) is 4.79 Å². The normalized spacial score (nSPS) is 12.1. The average molecular weight is 445 g/mol. The molecule has 1 N–H and O–H groups in total. The van der Waals surface area contributed by atoms with Gasteiger partial charge < -0.3 is 5.11 Å². The second-order valence-electron chi connectivity index (χ2n) is 7.76. The number of unbranched alkanes of at least 4 members (excludes halogenated alkanes) is 9. The second-order valence-corrected chi connectivity index (χ2v) is 10.2. The van der Waals surface area contributed by atoms with Gasteiger partial charge in [0.25, 0.3) is 0 Å². The van der Waals surface area contributed by atoms with E-state index in [1.54, 1.807) is 22.9 Å². The number of hydrogen-bond acceptors (Lipinski definition) is 4. The summed E-state index contributed by atoms with van der Waals surface area (Å²) in [7, 11) is 3.49. The average Bonchev–Trinajstić information content (AvgIpc) is 2.79. The fourth-order valence-electron chi connectivity index (χ4n) is 3.44. The molecule has 164 valence electrons. The van der Waals surface area contributed by atoms with E-state index in [0.717, 1.165) is 10.6 Å². The summed E-state index contributed by atoms with van der Waals surface area (Å²) in [5.41, 5.74) is 1.25. The lowest BCUT2D eigenvalue weighted by Gasteiger charge is -2.14. The van der Waals surface area contributed by atoms with Crippen molar-refractivity contribution in [3.8, 4) is 0 Å². The van der Waals surface area contributed by atoms with E-state index in [1.165, 1.54) is 64.2 Å². The highest BCUT2D eigenvalue weighted by atomic mass is 33.1. The number of rotatable bonds is 16. The number of carbonyl (C=O) groups excluding carboxylic acids is 1. The zero-order valence-electron chi connectivity index (χ0n) is 18.2. The highest BCUT2D eigenvalue weighted by Gasteiger charge is 2.21. The van der Waals surface area contributed by atoms with Crippen LogP contribution in [-0.2, 0) is 0 Å². The van der Waals surface area contributed by atoms with Crippen molar-refractivity contribution >= 4 is 27.4 Å². The Labute approximate surface area is 190 Å². The lowest BCUT2D eigenvalue weighted by molar-refractivity contribution is 0.0743. The summed E-state index contributed by atoms with van der Waals surface area (Å²) in [5, 5.41) is 10.6. The summed E-state index contributed by atoms with van der Waals surface area (Å²) in [6, 6.07) is 16.7. The van der Waals surface area contributed by atoms with Crippen LogP contribution in [0.5, 0.6) is 0 Å². The van der Waals surface area contributed by atoms with Gasteiger partial charge in [0.15, 0.2) is 5.78 Å². The predicted octanol–water partition coefficient (Wildman–Crippen LogP) is 8.26. The van der Waals surface area contributed by atoms with Crippen molar-refractivity contribution < 1.29 is 9.90 Å². The molecule has 0 aliphatic heterocycles. The van der Waals surface area contributed by atoms with Crippen molar-refractivity contribution in [1.29, 1.82) is 0 Å². The molecular formula is C26H36O2S2. The topological polar surface area (TPSA) is 37.3 Å². The molecular weight excluding hydrogens is 408 g/mol. The number of hydrogen-bond donors (Lipinski definition) is 1. The van der Waals surface area contributed by atoms with Gasteiger partial charge in [0.1, 0.15) is 6.10 Å². The monoisotopic (exact) mass is 444 g/mol. The molecule has 0 aliphatic carbocycles. The summed E-state index contributed by atoms with van der Waals surface area (Å²) in [4.78, 5) is 13.6. The van der Waals surface area contributed by atoms with Crippen LogP contribution in [0.25, 0.3) is 0 Å². The maximum atomic E-state index is 12.6. The summed E-state index contributed by atoms with van der Waals surface area (Å²) < 4.78 is 0. The van der Waals surface area contributed by atoms with E-state index >= 15 is 0 Å². The van der Waals surface area contributed by atoms with Gasteiger partial charge in [-0.2, -0.15) is 0 Å². The predicted molar refractivity (Wildman–Crippen MR) is 132 cm³/mol. The Hall–Kier alpha value is -1.23. The number of benzene rings is 2. The maximum absolute atomic E-state index is 12.6. The van der Waals surface area contributed by atoms with Crippen molar-refractivity contribution in [2.45, 2.75) is 82.1 Å². The number of carbonyl (C=O) groups is 1. The summed E-state index contributed by atoms with van der Waals surface area (Å²) in [6.07, 6.45) is 12.4. The molecule has 2 rings (SSSR count). The van der Waals surface area contributed by atoms with E-state index in [1.807, 2.05) is 53.3 Å². The molecule has 0 aliphatic rings. The van der Waals surface area contributed by atoms with Crippen LogP contribution >= 0.6 is 21.6 Å². The Balaban J connectivity index is 1.66. The minimum Gasteiger partial charge on any atom is -0.380 e. The molecule has 2 aromatic rings. The molecule has 2 nitrogen and oxygen atoms in total. The molecule has 0 heterocycles. The third kappa shape index (κ3) is 9.28. The molecule has 0 spiro atoms. The smallest absolute Gasteiger partial charge is 0.195 e. The number of ketones is 1. The molecule has 0 amide bonds. The molecule has 0 bridgehead atoms. The first-order valence-electron chi connectivity index (χ1n) is 11.4. The lowest BCUT2D eigenvalue weighted by atomic mass is 10.00. The van der Waals surface area contributed by atoms with E-state index in [2.05, 4.69) is 6.92 Å². The molecule has 0 radical (unpaired) electrons. The van der Waals surface area contributed by atoms with Gasteiger partial charge in [0.05, 0.1) is 0 Å². The Morgan fingerprint density at radius 3 is 2.03 bits per heavy atom. The van der Waals surface area contributed by atoms with E-state index in [9.17, 15) is 9.90 Å². The molecule has 1 unspecified atom stereocenters. The summed E-state index contributed by atoms with van der Waals surface area (Å²) in [5.74, 6) is 0.849. The largest absolute Gasteiger partial charge is 0.380 e. The summed E-state index contributed by atoms with van der Waals surface area (Å²) >= 11 is 0. The fraction of sp³-hybridized carbons (Fsp3) is 0.500. The zero-order chi connectivity index (χ0) is 21.4. The molecule has 2 aromatic carbocycles. The van der Waals surface area contributed by atoms with Crippen LogP contribution in [0.1, 0.15) is 93.2 Å². The fourth-order valence-corrected chi connectivity index (χ4v) is 5.82. The molecule has 0 aromatic heterocycles. The lowest BCUT2D eigenvalue weighted by Crippen LogP contribution is -2.13. The van der Waals surface area contributed by atoms with Crippen molar-refractivity contribution in [3.05, 3.63) is 65.7 Å². The number of aliphatic hydroxyl groups excluding tert-OH is 1. The van der Waals surface area contributed by atoms with Crippen LogP contribution in [0.15, 0.2) is 59.5 Å². The van der Waals surface area contributed by atoms with E-state index in [0.29, 0.717) is 11.1 Å². The van der Waals surface area contributed by atoms with Gasteiger partial charge in [0.2, 0.25) is 0 Å². The van der Waals surface area contributed by atoms with Crippen LogP contribution in [0.2, 0.25) is 0 Å². The first-order valence-corrected chi connectivity index (χ1v) is 13.7. The van der Waals surface area contributed by atoms with Crippen molar-refractivity contribution in [2.75, 3.05) is 5.75 Å². The molecule has 4 heteroatoms. The van der Waals surface area contributed by atoms with E-state index in [4.69, 9.17) is 0 Å². The Morgan fingerprint density at radius 1 is 0.800 bits per heavy atom. The van der Waals surface area contributed by atoms with Gasteiger partial charge in [-0.05, 0) is 12.5 Å². The van der Waals surface area contributed by atoms with Crippen molar-refractivity contribution in [3.63, 3.8) is 0 Å². The van der Waals surface area contributed by atoms with Gasteiger partial charge in [-0.1, -0.05) is 135 Å². The van der Waals surface area contributed by atoms with Crippen LogP contribution in [0, 0.1) is 0 Å². The van der Waals surface area contributed by atoms with Crippen LogP contribution < -0.4 is 0 Å². The SMILES string of the molecule is CCCCCCCCCCCCSSc1ccccc1C(O)C(=O)c1ccccc1. The van der Waals surface area contributed by atoms with Gasteiger partial charge in [-0.25, -0.2) is 0 Å². The van der Waals surface area contributed by atoms with Gasteiger partial charge in [0, 0.05) is 21.8 Å². The van der Waals surface area contributed by atoms with Crippen molar-refractivity contribution in [2.24, 2.45) is 0 Å². The second kappa shape index (κ2) is 15.6. The van der Waals surface area contributed by atoms with Gasteiger partial charge >= 0.3 is 0 Å². The van der Waals surface area contributed by atoms with Crippen LogP contribution in [0.3, 0.4) is 0 Å². The Morgan fingerprint density at radius 2 is 1.37 bits per heavy atom. The third-order valence-electron chi connectivity index (χ3n) is 5.25. The summed E-state index contributed by atoms with van der Waals surface area (Å²) in [6.45, 7) is 2.27. The van der Waals surface area contributed by atoms with Gasteiger partial charge in [-0.15, -0.1) is 0 Å². The molecule has 0 fully saturated rings. The van der Waals surface area contributed by atoms with Crippen LogP contribution in [-0.4, -0.2) is 16.6 Å². The highest BCUT2D eigenvalue weighted by molar-refractivity contribution is 8.76. The Bertz CT molecular complexity index is 718. The van der Waals surface area contributed by atoms with E-state index in [-0.39, 0.29) is 5.78 Å². The molecule has 0 saturated carbocycles. The first kappa shape index (κ1) is 25.0. The standard InChI is InChI=1S/C26H36O2S2/c1-2-3-4-5-6-7-8-9-10-16-21-29-30-24-20-15-14-19-23(24)26(28)25(27)22-17-12-11-13-18-22/h11-15,17-20,26,28H,2-10,16,21H2,1H3. The first-order chi connectivity index (χ1) is 14.7. The zero-order valence-corrected chi connectivity index (χ0v) is 19.9.